The number of carbonyl (C=O) groups excluding carboxylic acids is 1. The number of thioether (sulfide) groups is 1. The summed E-state index contributed by atoms with van der Waals surface area (Å²) in [7, 11) is 4.17. The Labute approximate surface area is 196 Å². The predicted molar refractivity (Wildman–Crippen MR) is 130 cm³/mol. The number of piperidine rings is 1. The fourth-order valence-corrected chi connectivity index (χ4v) is 6.24. The Morgan fingerprint density at radius 3 is 2.59 bits per heavy atom. The molecule has 0 bridgehead atoms. The Hall–Kier alpha value is -1.86. The van der Waals surface area contributed by atoms with Crippen molar-refractivity contribution in [1.82, 2.24) is 24.6 Å². The van der Waals surface area contributed by atoms with Gasteiger partial charge in [-0.3, -0.25) is 9.69 Å². The van der Waals surface area contributed by atoms with Crippen molar-refractivity contribution in [1.29, 1.82) is 0 Å². The molecular formula is C25H37N5OS. The van der Waals surface area contributed by atoms with Gasteiger partial charge < -0.3 is 9.47 Å². The molecule has 1 saturated heterocycles. The minimum absolute atomic E-state index is 0.196. The molecule has 1 aliphatic carbocycles. The van der Waals surface area contributed by atoms with Gasteiger partial charge in [0, 0.05) is 13.1 Å². The van der Waals surface area contributed by atoms with Crippen LogP contribution in [0.25, 0.3) is 0 Å². The Morgan fingerprint density at radius 1 is 1.12 bits per heavy atom. The van der Waals surface area contributed by atoms with Crippen LogP contribution in [0.5, 0.6) is 0 Å². The highest BCUT2D eigenvalue weighted by molar-refractivity contribution is 7.99. The van der Waals surface area contributed by atoms with Gasteiger partial charge in [0.15, 0.2) is 11.0 Å². The van der Waals surface area contributed by atoms with Crippen LogP contribution in [0, 0.1) is 11.8 Å². The average molecular weight is 456 g/mol. The van der Waals surface area contributed by atoms with Gasteiger partial charge in [-0.1, -0.05) is 68.3 Å². The summed E-state index contributed by atoms with van der Waals surface area (Å²) in [5, 5.41) is 9.94. The van der Waals surface area contributed by atoms with Crippen LogP contribution in [0.2, 0.25) is 0 Å². The zero-order valence-corrected chi connectivity index (χ0v) is 20.6. The fourth-order valence-electron chi connectivity index (χ4n) is 5.39. The number of amides is 1. The summed E-state index contributed by atoms with van der Waals surface area (Å²) in [6.07, 6.45) is 7.48. The molecule has 3 atom stereocenters. The van der Waals surface area contributed by atoms with E-state index in [1.165, 1.54) is 49.4 Å². The number of nitrogens with zero attached hydrogens (tertiary/aromatic N) is 5. The van der Waals surface area contributed by atoms with E-state index in [0.29, 0.717) is 11.7 Å². The number of carbonyl (C=O) groups is 1. The molecule has 0 N–H and O–H groups in total. The minimum Gasteiger partial charge on any atom is -0.342 e. The Balaban J connectivity index is 1.46. The molecule has 1 aliphatic heterocycles. The molecule has 0 unspecified atom stereocenters. The topological polar surface area (TPSA) is 54.3 Å². The van der Waals surface area contributed by atoms with Crippen LogP contribution in [0.15, 0.2) is 35.5 Å². The van der Waals surface area contributed by atoms with Crippen LogP contribution in [0.3, 0.4) is 0 Å². The van der Waals surface area contributed by atoms with Crippen molar-refractivity contribution >= 4 is 17.7 Å². The van der Waals surface area contributed by atoms with E-state index in [9.17, 15) is 4.79 Å². The van der Waals surface area contributed by atoms with Crippen molar-refractivity contribution in [2.75, 3.05) is 32.9 Å². The molecule has 6 nitrogen and oxygen atoms in total. The smallest absolute Gasteiger partial charge is 0.233 e. The number of benzene rings is 1. The van der Waals surface area contributed by atoms with E-state index in [4.69, 9.17) is 0 Å². The average Bonchev–Trinajstić information content (AvgIpc) is 3.20. The van der Waals surface area contributed by atoms with E-state index in [1.807, 2.05) is 6.07 Å². The number of hydrogen-bond donors (Lipinski definition) is 0. The Kier molecular flexibility index (Phi) is 7.89. The number of hydrogen-bond acceptors (Lipinski definition) is 5. The standard InChI is InChI=1S/C25H37N5OS/c1-4-22(28(2)3)24-26-27-25(30(24)16-19-10-6-5-7-11-19)32-18-23(31)29-15-14-20-12-8-9-13-21(20)17-29/h5-7,10-11,20-22H,4,8-9,12-18H2,1-3H3/t20-,21+,22+/m0/s1. The first-order valence-corrected chi connectivity index (χ1v) is 13.1. The quantitative estimate of drug-likeness (QED) is 0.550. The van der Waals surface area contributed by atoms with E-state index in [0.717, 1.165) is 43.0 Å². The van der Waals surface area contributed by atoms with E-state index in [2.05, 4.69) is 69.8 Å². The number of aromatic nitrogens is 3. The maximum Gasteiger partial charge on any atom is 0.233 e. The highest BCUT2D eigenvalue weighted by Crippen LogP contribution is 2.36. The van der Waals surface area contributed by atoms with Crippen LogP contribution < -0.4 is 0 Å². The molecule has 7 heteroatoms. The van der Waals surface area contributed by atoms with Gasteiger partial charge in [0.1, 0.15) is 0 Å². The van der Waals surface area contributed by atoms with Crippen molar-refractivity contribution in [3.05, 3.63) is 41.7 Å². The van der Waals surface area contributed by atoms with Crippen molar-refractivity contribution < 1.29 is 4.79 Å². The van der Waals surface area contributed by atoms with Crippen LogP contribution >= 0.6 is 11.8 Å². The lowest BCUT2D eigenvalue weighted by molar-refractivity contribution is -0.131. The predicted octanol–water partition coefficient (Wildman–Crippen LogP) is 4.47. The first-order chi connectivity index (χ1) is 15.6. The molecular weight excluding hydrogens is 418 g/mol. The van der Waals surface area contributed by atoms with Gasteiger partial charge >= 0.3 is 0 Å². The maximum atomic E-state index is 13.1. The second-order valence-electron chi connectivity index (χ2n) is 9.52. The monoisotopic (exact) mass is 455 g/mol. The third kappa shape index (κ3) is 5.37. The molecule has 1 aromatic heterocycles. The lowest BCUT2D eigenvalue weighted by Gasteiger charge is -2.41. The second kappa shape index (κ2) is 10.8. The Morgan fingerprint density at radius 2 is 1.88 bits per heavy atom. The highest BCUT2D eigenvalue weighted by Gasteiger charge is 2.33. The first-order valence-electron chi connectivity index (χ1n) is 12.1. The molecule has 2 aromatic rings. The fraction of sp³-hybridized carbons (Fsp3) is 0.640. The van der Waals surface area contributed by atoms with Crippen LogP contribution in [-0.2, 0) is 11.3 Å². The summed E-state index contributed by atoms with van der Waals surface area (Å²) >= 11 is 1.54. The summed E-state index contributed by atoms with van der Waals surface area (Å²) in [5.74, 6) is 3.20. The molecule has 1 amide bonds. The summed E-state index contributed by atoms with van der Waals surface area (Å²) in [4.78, 5) is 17.4. The largest absolute Gasteiger partial charge is 0.342 e. The SMILES string of the molecule is CC[C@H](c1nnc(SCC(=O)N2CC[C@@H]3CCCC[C@@H]3C2)n1Cc1ccccc1)N(C)C. The van der Waals surface area contributed by atoms with Gasteiger partial charge in [-0.05, 0) is 50.8 Å². The van der Waals surface area contributed by atoms with Crippen molar-refractivity contribution in [3.63, 3.8) is 0 Å². The van der Waals surface area contributed by atoms with Crippen molar-refractivity contribution in [3.8, 4) is 0 Å². The van der Waals surface area contributed by atoms with Gasteiger partial charge in [0.2, 0.25) is 5.91 Å². The van der Waals surface area contributed by atoms with Crippen LogP contribution in [0.4, 0.5) is 0 Å². The number of fused-ring (bicyclic) bond motifs is 1. The van der Waals surface area contributed by atoms with Gasteiger partial charge in [0.05, 0.1) is 18.3 Å². The van der Waals surface area contributed by atoms with Gasteiger partial charge in [-0.25, -0.2) is 0 Å². The minimum atomic E-state index is 0.196. The van der Waals surface area contributed by atoms with Crippen LogP contribution in [-0.4, -0.2) is 63.4 Å². The first kappa shape index (κ1) is 23.3. The van der Waals surface area contributed by atoms with E-state index in [1.54, 1.807) is 0 Å². The molecule has 2 aliphatic rings. The van der Waals surface area contributed by atoms with E-state index >= 15 is 0 Å². The van der Waals surface area contributed by atoms with E-state index < -0.39 is 0 Å². The Bertz CT molecular complexity index is 884. The molecule has 2 heterocycles. The molecule has 32 heavy (non-hydrogen) atoms. The summed E-state index contributed by atoms with van der Waals surface area (Å²) in [6, 6.07) is 10.6. The molecule has 2 fully saturated rings. The zero-order chi connectivity index (χ0) is 22.5. The summed E-state index contributed by atoms with van der Waals surface area (Å²) in [5.41, 5.74) is 1.22. The normalized spacial score (nSPS) is 22.1. The van der Waals surface area contributed by atoms with Crippen molar-refractivity contribution in [2.45, 2.75) is 63.2 Å². The van der Waals surface area contributed by atoms with Crippen LogP contribution in [0.1, 0.15) is 62.9 Å². The third-order valence-electron chi connectivity index (χ3n) is 7.21. The molecule has 4 rings (SSSR count). The maximum absolute atomic E-state index is 13.1. The molecule has 0 spiro atoms. The number of likely N-dealkylation sites (tertiary alicyclic amines) is 1. The molecule has 0 radical (unpaired) electrons. The summed E-state index contributed by atoms with van der Waals surface area (Å²) in [6.45, 7) is 4.76. The molecule has 1 aromatic carbocycles. The third-order valence-corrected chi connectivity index (χ3v) is 8.16. The van der Waals surface area contributed by atoms with Gasteiger partial charge in [0.25, 0.3) is 0 Å². The van der Waals surface area contributed by atoms with E-state index in [-0.39, 0.29) is 11.9 Å². The lowest BCUT2D eigenvalue weighted by Crippen LogP contribution is -2.45. The zero-order valence-electron chi connectivity index (χ0n) is 19.7. The van der Waals surface area contributed by atoms with Gasteiger partial charge in [-0.15, -0.1) is 10.2 Å². The van der Waals surface area contributed by atoms with Gasteiger partial charge in [-0.2, -0.15) is 0 Å². The molecule has 174 valence electrons. The second-order valence-corrected chi connectivity index (χ2v) is 10.5. The number of rotatable bonds is 8. The van der Waals surface area contributed by atoms with Crippen molar-refractivity contribution in [2.24, 2.45) is 11.8 Å². The molecule has 1 saturated carbocycles. The highest BCUT2D eigenvalue weighted by atomic mass is 32.2. The summed E-state index contributed by atoms with van der Waals surface area (Å²) < 4.78 is 2.20. The lowest BCUT2D eigenvalue weighted by atomic mass is 9.75.